The highest BCUT2D eigenvalue weighted by molar-refractivity contribution is 5.91. The van der Waals surface area contributed by atoms with Crippen molar-refractivity contribution in [3.05, 3.63) is 96.1 Å². The lowest BCUT2D eigenvalue weighted by atomic mass is 9.92. The van der Waals surface area contributed by atoms with Gasteiger partial charge in [-0.3, -0.25) is 0 Å². The van der Waals surface area contributed by atoms with Crippen molar-refractivity contribution in [1.29, 1.82) is 0 Å². The number of fused-ring (bicyclic) bond motifs is 1. The fourth-order valence-electron chi connectivity index (χ4n) is 4.95. The summed E-state index contributed by atoms with van der Waals surface area (Å²) in [5, 5.41) is 2.45. The van der Waals surface area contributed by atoms with Gasteiger partial charge >= 0.3 is 0 Å². The highest BCUT2D eigenvalue weighted by Crippen LogP contribution is 2.33. The summed E-state index contributed by atoms with van der Waals surface area (Å²) in [5.74, 6) is 0. The Morgan fingerprint density at radius 1 is 0.500 bits per heavy atom. The molecule has 0 radical (unpaired) electrons. The lowest BCUT2D eigenvalue weighted by molar-refractivity contribution is -0.0401. The highest BCUT2D eigenvalue weighted by Gasteiger charge is 2.20. The smallest absolute Gasteiger partial charge is 0.161 e. The minimum Gasteiger partial charge on any atom is -0.350 e. The molecule has 2 saturated heterocycles. The van der Waals surface area contributed by atoms with Crippen LogP contribution in [0.15, 0.2) is 84.9 Å². The highest BCUT2D eigenvalue weighted by atomic mass is 16.7. The molecule has 0 unspecified atom stereocenters. The summed E-state index contributed by atoms with van der Waals surface area (Å²) in [7, 11) is 0. The molecule has 0 bridgehead atoms. The largest absolute Gasteiger partial charge is 0.350 e. The van der Waals surface area contributed by atoms with E-state index < -0.39 is 0 Å². The lowest BCUT2D eigenvalue weighted by Crippen LogP contribution is -2.12. The molecular formula is C30H28O4. The molecule has 6 rings (SSSR count). The van der Waals surface area contributed by atoms with E-state index in [9.17, 15) is 0 Å². The summed E-state index contributed by atoms with van der Waals surface area (Å²) >= 11 is 0. The summed E-state index contributed by atoms with van der Waals surface area (Å²) in [6, 6.07) is 30.5. The van der Waals surface area contributed by atoms with E-state index in [1.807, 2.05) is 0 Å². The third-order valence-electron chi connectivity index (χ3n) is 6.65. The number of hydrogen-bond donors (Lipinski definition) is 0. The molecule has 0 aliphatic carbocycles. The number of rotatable bonds is 6. The Hall–Kier alpha value is -3.02. The van der Waals surface area contributed by atoms with E-state index in [-0.39, 0.29) is 12.6 Å². The van der Waals surface area contributed by atoms with E-state index in [0.29, 0.717) is 26.4 Å². The maximum atomic E-state index is 5.70. The molecule has 2 aliphatic rings. The molecule has 0 N–H and O–H groups in total. The van der Waals surface area contributed by atoms with E-state index in [1.54, 1.807) is 0 Å². The van der Waals surface area contributed by atoms with Gasteiger partial charge in [-0.25, -0.2) is 0 Å². The summed E-state index contributed by atoms with van der Waals surface area (Å²) in [6.45, 7) is 2.69. The van der Waals surface area contributed by atoms with Crippen LogP contribution in [-0.4, -0.2) is 39.0 Å². The monoisotopic (exact) mass is 452 g/mol. The molecule has 4 aromatic rings. The number of benzene rings is 4. The number of hydrogen-bond acceptors (Lipinski definition) is 4. The Balaban J connectivity index is 1.35. The fourth-order valence-corrected chi connectivity index (χ4v) is 4.95. The molecule has 2 fully saturated rings. The second-order valence-electron chi connectivity index (χ2n) is 8.84. The molecule has 0 spiro atoms. The SMILES string of the molecule is c1ccc(-c2ccc3ccc(-c4ccccc4CC4OCCO4)cc3c2)c(CC2OCCO2)c1. The minimum absolute atomic E-state index is 0.155. The zero-order valence-electron chi connectivity index (χ0n) is 19.1. The summed E-state index contributed by atoms with van der Waals surface area (Å²) in [6.07, 6.45) is 1.20. The molecule has 4 aromatic carbocycles. The Bertz CT molecular complexity index is 1190. The predicted molar refractivity (Wildman–Crippen MR) is 134 cm³/mol. The van der Waals surface area contributed by atoms with E-state index in [0.717, 1.165) is 12.8 Å². The lowest BCUT2D eigenvalue weighted by Gasteiger charge is -2.15. The van der Waals surface area contributed by atoms with Gasteiger partial charge in [0.2, 0.25) is 0 Å². The molecular weight excluding hydrogens is 424 g/mol. The molecule has 0 amide bonds. The fraction of sp³-hybridized carbons (Fsp3) is 0.267. The van der Waals surface area contributed by atoms with Crippen LogP contribution in [0.2, 0.25) is 0 Å². The molecule has 0 aromatic heterocycles. The Morgan fingerprint density at radius 2 is 0.941 bits per heavy atom. The van der Waals surface area contributed by atoms with Crippen LogP contribution in [0.1, 0.15) is 11.1 Å². The predicted octanol–water partition coefficient (Wildman–Crippen LogP) is 6.00. The Labute approximate surface area is 200 Å². The molecule has 4 nitrogen and oxygen atoms in total. The summed E-state index contributed by atoms with van der Waals surface area (Å²) in [5.41, 5.74) is 7.35. The van der Waals surface area contributed by atoms with Crippen LogP contribution in [0.5, 0.6) is 0 Å². The van der Waals surface area contributed by atoms with Gasteiger partial charge < -0.3 is 18.9 Å². The van der Waals surface area contributed by atoms with E-state index in [2.05, 4.69) is 84.9 Å². The van der Waals surface area contributed by atoms with Crippen molar-refractivity contribution in [2.24, 2.45) is 0 Å². The van der Waals surface area contributed by atoms with Crippen molar-refractivity contribution in [3.63, 3.8) is 0 Å². The molecule has 34 heavy (non-hydrogen) atoms. The van der Waals surface area contributed by atoms with Gasteiger partial charge in [-0.1, -0.05) is 72.8 Å². The van der Waals surface area contributed by atoms with Crippen LogP contribution in [-0.2, 0) is 31.8 Å². The van der Waals surface area contributed by atoms with Gasteiger partial charge in [0.15, 0.2) is 12.6 Å². The van der Waals surface area contributed by atoms with Crippen LogP contribution >= 0.6 is 0 Å². The quantitative estimate of drug-likeness (QED) is 0.359. The van der Waals surface area contributed by atoms with E-state index in [1.165, 1.54) is 44.2 Å². The Kier molecular flexibility index (Phi) is 6.13. The average molecular weight is 453 g/mol. The first-order valence-electron chi connectivity index (χ1n) is 12.0. The van der Waals surface area contributed by atoms with Crippen LogP contribution in [0.4, 0.5) is 0 Å². The topological polar surface area (TPSA) is 36.9 Å². The summed E-state index contributed by atoms with van der Waals surface area (Å²) < 4.78 is 22.8. The van der Waals surface area contributed by atoms with Crippen molar-refractivity contribution >= 4 is 10.8 Å². The normalized spacial score (nSPS) is 17.1. The van der Waals surface area contributed by atoms with Crippen molar-refractivity contribution < 1.29 is 18.9 Å². The van der Waals surface area contributed by atoms with Gasteiger partial charge in [0.05, 0.1) is 26.4 Å². The van der Waals surface area contributed by atoms with Gasteiger partial charge in [0.25, 0.3) is 0 Å². The maximum Gasteiger partial charge on any atom is 0.161 e. The van der Waals surface area contributed by atoms with Gasteiger partial charge in [0, 0.05) is 12.8 Å². The number of ether oxygens (including phenoxy) is 4. The first kappa shape index (κ1) is 21.5. The third kappa shape index (κ3) is 4.50. The van der Waals surface area contributed by atoms with Gasteiger partial charge in [-0.15, -0.1) is 0 Å². The first-order valence-corrected chi connectivity index (χ1v) is 12.0. The van der Waals surface area contributed by atoms with Crippen LogP contribution in [0.3, 0.4) is 0 Å². The maximum absolute atomic E-state index is 5.70. The van der Waals surface area contributed by atoms with Crippen LogP contribution in [0, 0.1) is 0 Å². The zero-order valence-corrected chi connectivity index (χ0v) is 19.1. The second-order valence-corrected chi connectivity index (χ2v) is 8.84. The van der Waals surface area contributed by atoms with Gasteiger partial charge in [-0.2, -0.15) is 0 Å². The van der Waals surface area contributed by atoms with E-state index >= 15 is 0 Å². The summed E-state index contributed by atoms with van der Waals surface area (Å²) in [4.78, 5) is 0. The molecule has 172 valence electrons. The van der Waals surface area contributed by atoms with Crippen molar-refractivity contribution in [2.45, 2.75) is 25.4 Å². The van der Waals surface area contributed by atoms with Crippen LogP contribution < -0.4 is 0 Å². The standard InChI is InChI=1S/C30H28O4/c1-3-7-27(22(5-1)19-29-31-13-14-32-29)24-11-9-21-10-12-25(18-26(21)17-24)28-8-4-2-6-23(28)20-30-33-15-16-34-30/h1-12,17-18,29-30H,13-16,19-20H2. The zero-order chi connectivity index (χ0) is 22.7. The Morgan fingerprint density at radius 3 is 1.41 bits per heavy atom. The third-order valence-corrected chi connectivity index (χ3v) is 6.65. The van der Waals surface area contributed by atoms with Crippen molar-refractivity contribution in [2.75, 3.05) is 26.4 Å². The van der Waals surface area contributed by atoms with Gasteiger partial charge in [0.1, 0.15) is 0 Å². The molecule has 0 atom stereocenters. The molecule has 0 saturated carbocycles. The minimum atomic E-state index is -0.155. The molecule has 4 heteroatoms. The average Bonchev–Trinajstić information content (AvgIpc) is 3.59. The van der Waals surface area contributed by atoms with Gasteiger partial charge in [-0.05, 0) is 56.3 Å². The van der Waals surface area contributed by atoms with E-state index in [4.69, 9.17) is 18.9 Å². The second kappa shape index (κ2) is 9.69. The van der Waals surface area contributed by atoms with Crippen LogP contribution in [0.25, 0.3) is 33.0 Å². The van der Waals surface area contributed by atoms with Crippen molar-refractivity contribution in [1.82, 2.24) is 0 Å². The first-order chi connectivity index (χ1) is 16.8. The molecule has 2 aliphatic heterocycles. The van der Waals surface area contributed by atoms with Crippen molar-refractivity contribution in [3.8, 4) is 22.3 Å². The molecule has 2 heterocycles.